The molecule has 2 saturated heterocycles. The molecule has 0 aromatic heterocycles. The van der Waals surface area contributed by atoms with Crippen molar-refractivity contribution in [2.24, 2.45) is 0 Å². The van der Waals surface area contributed by atoms with Crippen molar-refractivity contribution >= 4 is 11.4 Å². The van der Waals surface area contributed by atoms with Gasteiger partial charge in [0.2, 0.25) is 0 Å². The number of hydrogen-bond donors (Lipinski definition) is 1. The molecule has 3 aliphatic heterocycles. The first kappa shape index (κ1) is 15.7. The topological polar surface area (TPSA) is 70.9 Å². The van der Waals surface area contributed by atoms with Crippen LogP contribution in [0.1, 0.15) is 18.4 Å². The Labute approximate surface area is 141 Å². The van der Waals surface area contributed by atoms with Crippen LogP contribution in [-0.2, 0) is 0 Å². The summed E-state index contributed by atoms with van der Waals surface area (Å²) in [7, 11) is 0. The van der Waals surface area contributed by atoms with Crippen molar-refractivity contribution < 1.29 is 9.66 Å². The van der Waals surface area contributed by atoms with E-state index in [2.05, 4.69) is 15.1 Å². The van der Waals surface area contributed by atoms with Gasteiger partial charge in [0.1, 0.15) is 12.4 Å². The second-order valence-corrected chi connectivity index (χ2v) is 7.00. The number of anilines is 1. The summed E-state index contributed by atoms with van der Waals surface area (Å²) >= 11 is 0. The molecule has 0 bridgehead atoms. The minimum absolute atomic E-state index is 0.109. The molecule has 1 aromatic carbocycles. The van der Waals surface area contributed by atoms with Crippen LogP contribution < -0.4 is 15.0 Å². The SMILES string of the molecule is Cc1cc([N+](=O)[O-])cc2c1N1CCN(C3CCNCC3)C[C@@H]1CO2. The van der Waals surface area contributed by atoms with Crippen molar-refractivity contribution in [3.63, 3.8) is 0 Å². The number of nitrogens with one attached hydrogen (secondary N) is 1. The van der Waals surface area contributed by atoms with Crippen molar-refractivity contribution in [2.45, 2.75) is 31.8 Å². The van der Waals surface area contributed by atoms with Crippen molar-refractivity contribution in [1.82, 2.24) is 10.2 Å². The molecule has 7 nitrogen and oxygen atoms in total. The molecule has 0 radical (unpaired) electrons. The maximum absolute atomic E-state index is 11.1. The Hall–Kier alpha value is -1.86. The molecule has 0 aliphatic carbocycles. The van der Waals surface area contributed by atoms with Crippen LogP contribution in [0.4, 0.5) is 11.4 Å². The lowest BCUT2D eigenvalue weighted by Gasteiger charge is -2.48. The van der Waals surface area contributed by atoms with Gasteiger partial charge >= 0.3 is 0 Å². The highest BCUT2D eigenvalue weighted by molar-refractivity contribution is 5.69. The van der Waals surface area contributed by atoms with E-state index in [-0.39, 0.29) is 10.6 Å². The largest absolute Gasteiger partial charge is 0.489 e. The van der Waals surface area contributed by atoms with Gasteiger partial charge in [-0.2, -0.15) is 0 Å². The Morgan fingerprint density at radius 1 is 1.25 bits per heavy atom. The Morgan fingerprint density at radius 2 is 2.04 bits per heavy atom. The zero-order valence-electron chi connectivity index (χ0n) is 14.0. The molecule has 3 heterocycles. The predicted molar refractivity (Wildman–Crippen MR) is 91.9 cm³/mol. The molecular weight excluding hydrogens is 308 g/mol. The number of nitrogens with zero attached hydrogens (tertiary/aromatic N) is 3. The van der Waals surface area contributed by atoms with E-state index in [1.54, 1.807) is 12.1 Å². The lowest BCUT2D eigenvalue weighted by Crippen LogP contribution is -2.60. The van der Waals surface area contributed by atoms with Gasteiger partial charge in [0, 0.05) is 31.7 Å². The van der Waals surface area contributed by atoms with Crippen LogP contribution in [0.2, 0.25) is 0 Å². The van der Waals surface area contributed by atoms with Gasteiger partial charge in [-0.15, -0.1) is 0 Å². The van der Waals surface area contributed by atoms with Gasteiger partial charge < -0.3 is 15.0 Å². The summed E-state index contributed by atoms with van der Waals surface area (Å²) in [4.78, 5) is 15.7. The van der Waals surface area contributed by atoms with Gasteiger partial charge in [-0.05, 0) is 38.4 Å². The summed E-state index contributed by atoms with van der Waals surface area (Å²) in [6.45, 7) is 7.79. The maximum Gasteiger partial charge on any atom is 0.273 e. The first-order chi connectivity index (χ1) is 11.6. The van der Waals surface area contributed by atoms with E-state index in [1.165, 1.54) is 12.8 Å². The number of nitro groups is 1. The third-order valence-electron chi connectivity index (χ3n) is 5.52. The monoisotopic (exact) mass is 332 g/mol. The highest BCUT2D eigenvalue weighted by Gasteiger charge is 2.37. The second-order valence-electron chi connectivity index (χ2n) is 7.00. The molecule has 24 heavy (non-hydrogen) atoms. The van der Waals surface area contributed by atoms with Crippen LogP contribution >= 0.6 is 0 Å². The molecule has 4 rings (SSSR count). The first-order valence-electron chi connectivity index (χ1n) is 8.77. The Kier molecular flexibility index (Phi) is 4.05. The third-order valence-corrected chi connectivity index (χ3v) is 5.52. The average molecular weight is 332 g/mol. The summed E-state index contributed by atoms with van der Waals surface area (Å²) in [5, 5.41) is 14.5. The molecule has 1 aromatic rings. The summed E-state index contributed by atoms with van der Waals surface area (Å²) < 4.78 is 5.92. The standard InChI is InChI=1S/C17H24N4O3/c1-12-8-14(21(22)23)9-16-17(12)20-7-6-19(10-15(20)11-24-16)13-2-4-18-5-3-13/h8-9,13,15,18H,2-7,10-11H2,1H3/t15-/m1/s1. The van der Waals surface area contributed by atoms with Gasteiger partial charge in [-0.1, -0.05) is 0 Å². The van der Waals surface area contributed by atoms with E-state index in [1.807, 2.05) is 6.92 Å². The van der Waals surface area contributed by atoms with Gasteiger partial charge in [-0.3, -0.25) is 15.0 Å². The van der Waals surface area contributed by atoms with Crippen LogP contribution in [-0.4, -0.2) is 61.2 Å². The van der Waals surface area contributed by atoms with Crippen LogP contribution in [0.5, 0.6) is 5.75 Å². The minimum atomic E-state index is -0.349. The minimum Gasteiger partial charge on any atom is -0.489 e. The fraction of sp³-hybridized carbons (Fsp3) is 0.647. The molecule has 1 N–H and O–H groups in total. The number of fused-ring (bicyclic) bond motifs is 3. The molecule has 7 heteroatoms. The lowest BCUT2D eigenvalue weighted by molar-refractivity contribution is -0.385. The van der Waals surface area contributed by atoms with Gasteiger partial charge in [0.25, 0.3) is 5.69 Å². The van der Waals surface area contributed by atoms with Crippen molar-refractivity contribution in [3.05, 3.63) is 27.8 Å². The third kappa shape index (κ3) is 2.71. The number of benzene rings is 1. The van der Waals surface area contributed by atoms with E-state index in [9.17, 15) is 10.1 Å². The summed E-state index contributed by atoms with van der Waals surface area (Å²) in [5.74, 6) is 0.660. The average Bonchev–Trinajstić information content (AvgIpc) is 2.61. The predicted octanol–water partition coefficient (Wildman–Crippen LogP) is 1.54. The molecule has 0 spiro atoms. The van der Waals surface area contributed by atoms with Crippen LogP contribution in [0.25, 0.3) is 0 Å². The van der Waals surface area contributed by atoms with Crippen molar-refractivity contribution in [1.29, 1.82) is 0 Å². The number of piperidine rings is 1. The maximum atomic E-state index is 11.1. The number of rotatable bonds is 2. The molecule has 0 amide bonds. The van der Waals surface area contributed by atoms with Crippen molar-refractivity contribution in [2.75, 3.05) is 44.2 Å². The fourth-order valence-electron chi connectivity index (χ4n) is 4.32. The highest BCUT2D eigenvalue weighted by Crippen LogP contribution is 2.41. The number of ether oxygens (including phenoxy) is 1. The van der Waals surface area contributed by atoms with E-state index in [0.29, 0.717) is 24.4 Å². The highest BCUT2D eigenvalue weighted by atomic mass is 16.6. The normalized spacial score (nSPS) is 24.9. The zero-order chi connectivity index (χ0) is 16.7. The number of aryl methyl sites for hydroxylation is 1. The van der Waals surface area contributed by atoms with Crippen LogP contribution in [0.15, 0.2) is 12.1 Å². The number of nitro benzene ring substituents is 1. The fourth-order valence-corrected chi connectivity index (χ4v) is 4.32. The molecular formula is C17H24N4O3. The van der Waals surface area contributed by atoms with Gasteiger partial charge in [0.15, 0.2) is 0 Å². The zero-order valence-corrected chi connectivity index (χ0v) is 14.0. The molecule has 2 fully saturated rings. The van der Waals surface area contributed by atoms with Crippen LogP contribution in [0, 0.1) is 17.0 Å². The summed E-state index contributed by atoms with van der Waals surface area (Å²) in [6, 6.07) is 4.23. The van der Waals surface area contributed by atoms with Crippen molar-refractivity contribution in [3.8, 4) is 5.75 Å². The smallest absolute Gasteiger partial charge is 0.273 e. The Bertz CT molecular complexity index is 645. The molecule has 0 unspecified atom stereocenters. The molecule has 1 atom stereocenters. The molecule has 3 aliphatic rings. The van der Waals surface area contributed by atoms with E-state index < -0.39 is 0 Å². The van der Waals surface area contributed by atoms with E-state index >= 15 is 0 Å². The van der Waals surface area contributed by atoms with Gasteiger partial charge in [0.05, 0.1) is 22.7 Å². The van der Waals surface area contributed by atoms with Gasteiger partial charge in [-0.25, -0.2) is 0 Å². The molecule has 0 saturated carbocycles. The number of hydrogen-bond acceptors (Lipinski definition) is 6. The second kappa shape index (κ2) is 6.22. The van der Waals surface area contributed by atoms with Crippen LogP contribution in [0.3, 0.4) is 0 Å². The lowest BCUT2D eigenvalue weighted by atomic mass is 10.00. The molecule has 130 valence electrons. The van der Waals surface area contributed by atoms with E-state index in [4.69, 9.17) is 4.74 Å². The Morgan fingerprint density at radius 3 is 2.79 bits per heavy atom. The quantitative estimate of drug-likeness (QED) is 0.654. The Balaban J connectivity index is 1.55. The number of piperazine rings is 1. The number of non-ortho nitro benzene ring substituents is 1. The summed E-state index contributed by atoms with van der Waals surface area (Å²) in [6.07, 6.45) is 2.44. The van der Waals surface area contributed by atoms with E-state index in [0.717, 1.165) is 44.0 Å². The summed E-state index contributed by atoms with van der Waals surface area (Å²) in [5.41, 5.74) is 2.08. The first-order valence-corrected chi connectivity index (χ1v) is 8.77.